The molecule has 0 fully saturated rings. The fourth-order valence-electron chi connectivity index (χ4n) is 6.58. The zero-order valence-corrected chi connectivity index (χ0v) is 26.9. The average Bonchev–Trinajstić information content (AvgIpc) is 3.24. The third kappa shape index (κ3) is 4.50. The number of rotatable bonds is 2. The molecule has 0 amide bonds. The Hall–Kier alpha value is -1.33. The first kappa shape index (κ1) is 26.7. The fourth-order valence-corrected chi connectivity index (χ4v) is 19.3. The zero-order valence-electron chi connectivity index (χ0n) is 24.5. The third-order valence-electron chi connectivity index (χ3n) is 8.80. The summed E-state index contributed by atoms with van der Waals surface area (Å²) >= 11 is -3.75. The van der Waals surface area contributed by atoms with Gasteiger partial charge in [0.25, 0.3) is 0 Å². The van der Waals surface area contributed by atoms with Gasteiger partial charge in [-0.15, -0.1) is 0 Å². The molecule has 1 unspecified atom stereocenters. The van der Waals surface area contributed by atoms with E-state index in [2.05, 4.69) is 127 Å². The molecule has 0 radical (unpaired) electrons. The molecule has 2 aromatic carbocycles. The van der Waals surface area contributed by atoms with Gasteiger partial charge in [0.05, 0.1) is 0 Å². The standard InChI is InChI=1S/C21H25.C10H15.2CH3.CH2.Zr/c1-20(2,3)16-7-9-18-14(12-16)11-15-13-17(21(4,5)6)8-10-19(15)18;1-8-5-6-9(7-8)10(2,3)4;;;;/h7-13H,1-6H3;5-7H,1-4H3;2*1H3;1H2;. The molecule has 0 saturated heterocycles. The van der Waals surface area contributed by atoms with Crippen molar-refractivity contribution in [3.8, 4) is 11.1 Å². The van der Waals surface area contributed by atoms with E-state index >= 15 is 0 Å². The number of hydrogen-bond donors (Lipinski definition) is 0. The topological polar surface area (TPSA) is 0 Å². The zero-order chi connectivity index (χ0) is 26.4. The van der Waals surface area contributed by atoms with Crippen molar-refractivity contribution >= 4 is 4.21 Å². The van der Waals surface area contributed by atoms with Crippen LogP contribution in [0.25, 0.3) is 11.1 Å². The molecule has 1 heteroatoms. The van der Waals surface area contributed by atoms with Gasteiger partial charge in [-0.05, 0) is 0 Å². The van der Waals surface area contributed by atoms with Gasteiger partial charge in [-0.2, -0.15) is 0 Å². The van der Waals surface area contributed by atoms with E-state index in [4.69, 9.17) is 4.21 Å². The van der Waals surface area contributed by atoms with Gasteiger partial charge in [0.1, 0.15) is 0 Å². The van der Waals surface area contributed by atoms with Crippen LogP contribution in [0.3, 0.4) is 0 Å². The summed E-state index contributed by atoms with van der Waals surface area (Å²) in [7, 11) is 0. The number of hydrogen-bond acceptors (Lipinski definition) is 0. The summed E-state index contributed by atoms with van der Waals surface area (Å²) in [6.45, 7) is 23.4. The first-order chi connectivity index (χ1) is 15.7. The van der Waals surface area contributed by atoms with Crippen LogP contribution in [0.2, 0.25) is 12.9 Å². The molecular formula is C34H48Zr. The first-order valence-corrected chi connectivity index (χ1v) is 23.0. The molecule has 0 aliphatic heterocycles. The molecular weight excluding hydrogens is 500 g/mol. The Kier molecular flexibility index (Phi) is 5.98. The summed E-state index contributed by atoms with van der Waals surface area (Å²) in [5, 5.41) is 0. The van der Waals surface area contributed by atoms with Gasteiger partial charge in [-0.25, -0.2) is 0 Å². The van der Waals surface area contributed by atoms with E-state index in [1.165, 1.54) is 44.5 Å². The Labute approximate surface area is 216 Å². The van der Waals surface area contributed by atoms with Gasteiger partial charge in [-0.3, -0.25) is 0 Å². The van der Waals surface area contributed by atoms with Crippen molar-refractivity contribution in [3.05, 3.63) is 82.0 Å². The minimum absolute atomic E-state index is 0.126. The van der Waals surface area contributed by atoms with Crippen molar-refractivity contribution in [2.75, 3.05) is 0 Å². The Morgan fingerprint density at radius 2 is 1.11 bits per heavy atom. The van der Waals surface area contributed by atoms with E-state index in [0.29, 0.717) is 7.25 Å². The predicted octanol–water partition coefficient (Wildman–Crippen LogP) is 10.3. The van der Waals surface area contributed by atoms with Crippen molar-refractivity contribution in [2.45, 2.75) is 96.6 Å². The van der Waals surface area contributed by atoms with Crippen molar-refractivity contribution in [1.29, 1.82) is 0 Å². The Morgan fingerprint density at radius 3 is 1.46 bits per heavy atom. The third-order valence-corrected chi connectivity index (χ3v) is 21.5. The maximum atomic E-state index is 5.34. The van der Waals surface area contributed by atoms with Crippen LogP contribution in [-0.2, 0) is 29.1 Å². The predicted molar refractivity (Wildman–Crippen MR) is 155 cm³/mol. The second-order valence-corrected chi connectivity index (χ2v) is 33.1. The number of fused-ring (bicyclic) bond motifs is 3. The SMILES string of the molecule is [CH2]=[Zr]([CH3])([CH3])([CH]1C=C(C(C)(C)C)C=C1C)[CH]1c2cc(C(C)(C)C)ccc2-c2ccc(C(C)(C)C)cc21. The van der Waals surface area contributed by atoms with Gasteiger partial charge in [0.2, 0.25) is 0 Å². The second kappa shape index (κ2) is 7.84. The molecule has 0 heterocycles. The van der Waals surface area contributed by atoms with Gasteiger partial charge < -0.3 is 0 Å². The molecule has 0 saturated carbocycles. The van der Waals surface area contributed by atoms with Crippen LogP contribution >= 0.6 is 0 Å². The summed E-state index contributed by atoms with van der Waals surface area (Å²) in [5.74, 6) is 0. The first-order valence-electron chi connectivity index (χ1n) is 13.5. The van der Waals surface area contributed by atoms with Crippen LogP contribution in [0.15, 0.2) is 59.7 Å². The monoisotopic (exact) mass is 546 g/mol. The quantitative estimate of drug-likeness (QED) is 0.351. The molecule has 0 bridgehead atoms. The molecule has 2 aliphatic rings. The van der Waals surface area contributed by atoms with Crippen LogP contribution in [0, 0.1) is 5.41 Å². The van der Waals surface area contributed by atoms with Gasteiger partial charge >= 0.3 is 218 Å². The molecule has 1 atom stereocenters. The summed E-state index contributed by atoms with van der Waals surface area (Å²) in [5.41, 5.74) is 12.2. The molecule has 4 rings (SSSR count). The van der Waals surface area contributed by atoms with Crippen molar-refractivity contribution < 1.29 is 18.3 Å². The minimum atomic E-state index is -3.75. The Balaban J connectivity index is 2.02. The van der Waals surface area contributed by atoms with Crippen molar-refractivity contribution in [3.63, 3.8) is 0 Å². The molecule has 35 heavy (non-hydrogen) atoms. The van der Waals surface area contributed by atoms with Crippen LogP contribution < -0.4 is 0 Å². The van der Waals surface area contributed by atoms with E-state index < -0.39 is 18.3 Å². The normalized spacial score (nSPS) is 19.4. The van der Waals surface area contributed by atoms with E-state index in [-0.39, 0.29) is 16.2 Å². The van der Waals surface area contributed by atoms with Crippen molar-refractivity contribution in [2.24, 2.45) is 5.41 Å². The van der Waals surface area contributed by atoms with E-state index in [1.54, 1.807) is 0 Å². The molecule has 2 aliphatic carbocycles. The summed E-state index contributed by atoms with van der Waals surface area (Å²) in [6.07, 6.45) is 5.09. The fraction of sp³-hybridized carbons (Fsp3) is 0.500. The molecule has 0 spiro atoms. The number of benzene rings is 2. The summed E-state index contributed by atoms with van der Waals surface area (Å²) in [6, 6.07) is 14.6. The Morgan fingerprint density at radius 1 is 0.686 bits per heavy atom. The molecule has 0 aromatic heterocycles. The average molecular weight is 548 g/mol. The summed E-state index contributed by atoms with van der Waals surface area (Å²) in [4.78, 5) is 0. The van der Waals surface area contributed by atoms with E-state index in [9.17, 15) is 0 Å². The molecule has 0 nitrogen and oxygen atoms in total. The van der Waals surface area contributed by atoms with Crippen molar-refractivity contribution in [1.82, 2.24) is 0 Å². The summed E-state index contributed by atoms with van der Waals surface area (Å²) < 4.78 is 11.5. The van der Waals surface area contributed by atoms with Crippen LogP contribution in [0.5, 0.6) is 0 Å². The van der Waals surface area contributed by atoms with Crippen LogP contribution in [0.4, 0.5) is 0 Å². The van der Waals surface area contributed by atoms with Gasteiger partial charge in [0.15, 0.2) is 0 Å². The van der Waals surface area contributed by atoms with Crippen LogP contribution in [-0.4, -0.2) is 4.21 Å². The molecule has 188 valence electrons. The van der Waals surface area contributed by atoms with E-state index in [0.717, 1.165) is 0 Å². The van der Waals surface area contributed by atoms with E-state index in [1.807, 2.05) is 0 Å². The van der Waals surface area contributed by atoms with Gasteiger partial charge in [-0.1, -0.05) is 0 Å². The Bertz CT molecular complexity index is 1250. The van der Waals surface area contributed by atoms with Gasteiger partial charge in [0, 0.05) is 0 Å². The van der Waals surface area contributed by atoms with Crippen LogP contribution in [0.1, 0.15) is 95.1 Å². The maximum absolute atomic E-state index is 5.34. The second-order valence-electron chi connectivity index (χ2n) is 15.7. The molecule has 2 aromatic rings. The molecule has 0 N–H and O–H groups in total. The number of allylic oxidation sites excluding steroid dienone is 4.